The van der Waals surface area contributed by atoms with Crippen molar-refractivity contribution in [2.45, 2.75) is 43.5 Å². The maximum atomic E-state index is 14.3. The summed E-state index contributed by atoms with van der Waals surface area (Å²) in [4.78, 5) is 40.6. The lowest BCUT2D eigenvalue weighted by atomic mass is 9.54. The minimum absolute atomic E-state index is 0.202. The van der Waals surface area contributed by atoms with Crippen molar-refractivity contribution in [2.75, 3.05) is 11.9 Å². The molecule has 1 N–H and O–H groups in total. The smallest absolute Gasteiger partial charge is 0.367 e. The highest BCUT2D eigenvalue weighted by atomic mass is 127. The molecule has 3 aromatic carbocycles. The molecule has 0 radical (unpaired) electrons. The molecule has 2 unspecified atom stereocenters. The third-order valence-corrected chi connectivity index (χ3v) is 10.2. The summed E-state index contributed by atoms with van der Waals surface area (Å²) in [5.41, 5.74) is 3.13. The van der Waals surface area contributed by atoms with E-state index in [0.29, 0.717) is 12.8 Å². The molecule has 3 aliphatic rings. The fourth-order valence-electron chi connectivity index (χ4n) is 5.97. The van der Waals surface area contributed by atoms with Crippen molar-refractivity contribution in [1.29, 1.82) is 0 Å². The Labute approximate surface area is 285 Å². The number of amides is 1. The second-order valence-corrected chi connectivity index (χ2v) is 15.6. The van der Waals surface area contributed by atoms with E-state index in [9.17, 15) is 36.1 Å². The fraction of sp³-hybridized carbons (Fsp3) is 0.323. The van der Waals surface area contributed by atoms with Gasteiger partial charge in [0.1, 0.15) is 5.60 Å². The van der Waals surface area contributed by atoms with E-state index in [1.54, 1.807) is 20.8 Å². The van der Waals surface area contributed by atoms with Crippen LogP contribution in [0.25, 0.3) is 0 Å². The van der Waals surface area contributed by atoms with Crippen LogP contribution in [-0.2, 0) is 29.2 Å². The molecule has 0 saturated heterocycles. The summed E-state index contributed by atoms with van der Waals surface area (Å²) in [7, 11) is -6.03. The normalized spacial score (nSPS) is 20.5. The van der Waals surface area contributed by atoms with Gasteiger partial charge in [0.2, 0.25) is 5.91 Å². The number of alkyl halides is 2. The summed E-state index contributed by atoms with van der Waals surface area (Å²) in [6.45, 7) is 3.35. The zero-order valence-electron chi connectivity index (χ0n) is 24.0. The Morgan fingerprint density at radius 1 is 0.867 bits per heavy atom. The van der Waals surface area contributed by atoms with Crippen molar-refractivity contribution in [3.8, 4) is 0 Å². The molecule has 14 heteroatoms. The Morgan fingerprint density at radius 2 is 1.31 bits per heavy atom. The minimum atomic E-state index is -6.03. The van der Waals surface area contributed by atoms with Crippen LogP contribution in [0.3, 0.4) is 0 Å². The molecule has 2 atom stereocenters. The predicted molar refractivity (Wildman–Crippen MR) is 175 cm³/mol. The Kier molecular flexibility index (Phi) is 9.09. The average molecular weight is 864 g/mol. The van der Waals surface area contributed by atoms with E-state index in [4.69, 9.17) is 4.74 Å². The summed E-state index contributed by atoms with van der Waals surface area (Å²) >= 11 is 3.71. The second kappa shape index (κ2) is 12.2. The number of anilines is 1. The van der Waals surface area contributed by atoms with Crippen LogP contribution in [0.5, 0.6) is 0 Å². The Morgan fingerprint density at radius 3 is 1.73 bits per heavy atom. The molecule has 3 aliphatic carbocycles. The first-order valence-electron chi connectivity index (χ1n) is 13.6. The monoisotopic (exact) mass is 864 g/mol. The molecule has 9 nitrogen and oxygen atoms in total. The van der Waals surface area contributed by atoms with Crippen LogP contribution < -0.4 is 5.32 Å². The molecule has 0 fully saturated rings. The number of hydrogen-bond donors (Lipinski definition) is 1. The maximum Gasteiger partial charge on any atom is 0.367 e. The molecule has 45 heavy (non-hydrogen) atoms. The lowest BCUT2D eigenvalue weighted by molar-refractivity contribution is -0.165. The maximum absolute atomic E-state index is 14.3. The van der Waals surface area contributed by atoms with E-state index in [2.05, 4.69) is 10.1 Å². The number of rotatable bonds is 7. The van der Waals surface area contributed by atoms with Gasteiger partial charge in [0.15, 0.2) is 16.7 Å². The van der Waals surface area contributed by atoms with Crippen LogP contribution in [0.2, 0.25) is 0 Å². The summed E-state index contributed by atoms with van der Waals surface area (Å²) in [6, 6.07) is 18.0. The van der Waals surface area contributed by atoms with Crippen molar-refractivity contribution in [1.82, 2.24) is 0 Å². The van der Waals surface area contributed by atoms with Gasteiger partial charge in [-0.05, 0) is 100 Å². The van der Waals surface area contributed by atoms with Crippen molar-refractivity contribution >= 4 is 78.8 Å². The van der Waals surface area contributed by atoms with E-state index in [-0.39, 0.29) is 5.56 Å². The number of carbonyl (C=O) groups is 3. The standard InChI is InChI=1S/C31H27F2I2NO8S/c1-30(2,3)44-29(39)25-23-18-10-6-4-8-16(18)22(17-9-5-7-11-19(17)23)24(25)27(37)36-26-20(34)12-15(13-21(26)35)28(38)43-14-31(32,33)45(40,41)42/h4-13,22-25H,14H2,1-3H3,(H,36,37)(H,40,41,42)/p-1. The second-order valence-electron chi connectivity index (χ2n) is 11.8. The van der Waals surface area contributed by atoms with Crippen molar-refractivity contribution in [2.24, 2.45) is 11.8 Å². The van der Waals surface area contributed by atoms with Gasteiger partial charge in [-0.3, -0.25) is 9.59 Å². The summed E-state index contributed by atoms with van der Waals surface area (Å²) in [5, 5.41) is -1.86. The van der Waals surface area contributed by atoms with Crippen LogP contribution >= 0.6 is 45.2 Å². The van der Waals surface area contributed by atoms with Crippen molar-refractivity contribution in [3.63, 3.8) is 0 Å². The quantitative estimate of drug-likeness (QED) is 0.174. The summed E-state index contributed by atoms with van der Waals surface area (Å²) in [5.74, 6) is -4.82. The van der Waals surface area contributed by atoms with Crippen molar-refractivity contribution < 1.29 is 45.6 Å². The number of hydrogen-bond acceptors (Lipinski definition) is 8. The predicted octanol–water partition coefficient (Wildman–Crippen LogP) is 5.99. The van der Waals surface area contributed by atoms with Gasteiger partial charge in [-0.2, -0.15) is 8.78 Å². The Balaban J connectivity index is 1.49. The lowest BCUT2D eigenvalue weighted by Gasteiger charge is -2.49. The molecule has 1 amide bonds. The third kappa shape index (κ3) is 6.47. The molecule has 0 heterocycles. The van der Waals surface area contributed by atoms with Gasteiger partial charge in [-0.25, -0.2) is 13.2 Å². The number of benzene rings is 3. The van der Waals surface area contributed by atoms with E-state index < -0.39 is 69.1 Å². The first kappa shape index (κ1) is 33.7. The SMILES string of the molecule is CC(C)(C)OC(=O)C1C2c3ccccc3C(c3ccccc32)C1C(=O)Nc1c(I)cc(C(=O)OCC(F)(F)S(=O)(=O)[O-])cc1I. The molecule has 2 bridgehead atoms. The first-order valence-corrected chi connectivity index (χ1v) is 17.2. The van der Waals surface area contributed by atoms with E-state index in [0.717, 1.165) is 22.3 Å². The molecular weight excluding hydrogens is 838 g/mol. The molecule has 0 spiro atoms. The van der Waals surface area contributed by atoms with E-state index in [1.165, 1.54) is 12.1 Å². The molecule has 0 aromatic heterocycles. The summed E-state index contributed by atoms with van der Waals surface area (Å²) in [6.07, 6.45) is 0. The van der Waals surface area contributed by atoms with E-state index in [1.807, 2.05) is 93.7 Å². The van der Waals surface area contributed by atoms with Crippen LogP contribution in [0.15, 0.2) is 60.7 Å². The average Bonchev–Trinajstić information content (AvgIpc) is 2.95. The third-order valence-electron chi connectivity index (χ3n) is 7.68. The Hall–Kier alpha value is -2.70. The van der Waals surface area contributed by atoms with Gasteiger partial charge in [-0.15, -0.1) is 0 Å². The number of esters is 2. The number of carbonyl (C=O) groups excluding carboxylic acids is 3. The minimum Gasteiger partial charge on any atom is -0.743 e. The van der Waals surface area contributed by atoms with Crippen LogP contribution in [0.4, 0.5) is 14.5 Å². The number of fused-ring (bicyclic) bond motifs is 1. The molecule has 6 rings (SSSR count). The largest absolute Gasteiger partial charge is 0.743 e. The van der Waals surface area contributed by atoms with Gasteiger partial charge in [0.05, 0.1) is 23.1 Å². The zero-order valence-corrected chi connectivity index (χ0v) is 29.1. The highest BCUT2D eigenvalue weighted by molar-refractivity contribution is 14.1. The molecule has 0 aliphatic heterocycles. The van der Waals surface area contributed by atoms with Gasteiger partial charge in [-0.1, -0.05) is 48.5 Å². The topological polar surface area (TPSA) is 139 Å². The van der Waals surface area contributed by atoms with Gasteiger partial charge >= 0.3 is 17.2 Å². The number of nitrogens with one attached hydrogen (secondary N) is 1. The number of ether oxygens (including phenoxy) is 2. The first-order chi connectivity index (χ1) is 20.9. The van der Waals surface area contributed by atoms with Crippen LogP contribution in [-0.4, -0.2) is 48.3 Å². The Bertz CT molecular complexity index is 1760. The zero-order chi connectivity index (χ0) is 33.1. The van der Waals surface area contributed by atoms with Gasteiger partial charge < -0.3 is 19.3 Å². The highest BCUT2D eigenvalue weighted by Gasteiger charge is 2.56. The highest BCUT2D eigenvalue weighted by Crippen LogP contribution is 2.59. The fourth-order valence-corrected chi connectivity index (χ4v) is 8.21. The van der Waals surface area contributed by atoms with Gasteiger partial charge in [0, 0.05) is 19.0 Å². The van der Waals surface area contributed by atoms with E-state index >= 15 is 0 Å². The molecule has 0 saturated carbocycles. The molecule has 3 aromatic rings. The van der Waals surface area contributed by atoms with Crippen molar-refractivity contribution in [3.05, 3.63) is 95.6 Å². The van der Waals surface area contributed by atoms with Crippen LogP contribution in [0, 0.1) is 19.0 Å². The van der Waals surface area contributed by atoms with Crippen LogP contribution in [0.1, 0.15) is 65.2 Å². The van der Waals surface area contributed by atoms with Gasteiger partial charge in [0.25, 0.3) is 0 Å². The molecule has 238 valence electrons. The molecular formula is C31H26F2I2NO8S-. The lowest BCUT2D eigenvalue weighted by Crippen LogP contribution is -2.50. The summed E-state index contributed by atoms with van der Waals surface area (Å²) < 4.78 is 70.2. The number of halogens is 4.